The van der Waals surface area contributed by atoms with Crippen LogP contribution in [0.25, 0.3) is 0 Å². The monoisotopic (exact) mass is 170 g/mol. The zero-order valence-corrected chi connectivity index (χ0v) is 8.68. The molecular weight excluding hydrogens is 148 g/mol. The zero-order chi connectivity index (χ0) is 8.97. The van der Waals surface area contributed by atoms with Crippen LogP contribution < -0.4 is 0 Å². The first-order valence-corrected chi connectivity index (χ1v) is 5.31. The first kappa shape index (κ1) is 10.0. The van der Waals surface area contributed by atoms with Crippen LogP contribution in [0.1, 0.15) is 40.0 Å². The van der Waals surface area contributed by atoms with E-state index in [1.54, 1.807) is 0 Å². The first-order valence-electron chi connectivity index (χ1n) is 5.31. The van der Waals surface area contributed by atoms with Crippen LogP contribution in [0.2, 0.25) is 0 Å². The van der Waals surface area contributed by atoms with Gasteiger partial charge in [-0.2, -0.15) is 0 Å². The standard InChI is InChI=1S/C11H22O/c1-4-10-5-6-12-8-11(10)7-9(2)3/h9-11H,4-8H2,1-3H3. The fraction of sp³-hybridized carbons (Fsp3) is 1.00. The Morgan fingerprint density at radius 3 is 2.67 bits per heavy atom. The number of hydrogen-bond donors (Lipinski definition) is 0. The quantitative estimate of drug-likeness (QED) is 0.632. The molecule has 0 aromatic heterocycles. The van der Waals surface area contributed by atoms with Crippen molar-refractivity contribution < 1.29 is 4.74 Å². The summed E-state index contributed by atoms with van der Waals surface area (Å²) < 4.78 is 5.52. The van der Waals surface area contributed by atoms with E-state index in [-0.39, 0.29) is 0 Å². The van der Waals surface area contributed by atoms with Gasteiger partial charge in [-0.3, -0.25) is 0 Å². The van der Waals surface area contributed by atoms with E-state index in [0.29, 0.717) is 0 Å². The van der Waals surface area contributed by atoms with Gasteiger partial charge in [-0.1, -0.05) is 27.2 Å². The van der Waals surface area contributed by atoms with E-state index < -0.39 is 0 Å². The molecule has 0 aromatic carbocycles. The number of rotatable bonds is 3. The summed E-state index contributed by atoms with van der Waals surface area (Å²) in [4.78, 5) is 0. The van der Waals surface area contributed by atoms with Crippen molar-refractivity contribution in [2.24, 2.45) is 17.8 Å². The number of hydrogen-bond acceptors (Lipinski definition) is 1. The molecule has 1 fully saturated rings. The Hall–Kier alpha value is -0.0400. The van der Waals surface area contributed by atoms with Crippen LogP contribution in [0.4, 0.5) is 0 Å². The van der Waals surface area contributed by atoms with Gasteiger partial charge in [0.05, 0.1) is 0 Å². The minimum atomic E-state index is 0.825. The fourth-order valence-corrected chi connectivity index (χ4v) is 2.24. The minimum Gasteiger partial charge on any atom is -0.381 e. The molecule has 0 bridgehead atoms. The lowest BCUT2D eigenvalue weighted by atomic mass is 9.81. The topological polar surface area (TPSA) is 9.23 Å². The molecule has 0 amide bonds. The van der Waals surface area contributed by atoms with Gasteiger partial charge in [0.2, 0.25) is 0 Å². The van der Waals surface area contributed by atoms with E-state index in [4.69, 9.17) is 4.74 Å². The zero-order valence-electron chi connectivity index (χ0n) is 8.68. The van der Waals surface area contributed by atoms with Crippen molar-refractivity contribution in [2.75, 3.05) is 13.2 Å². The summed E-state index contributed by atoms with van der Waals surface area (Å²) in [7, 11) is 0. The third-order valence-corrected chi connectivity index (χ3v) is 2.93. The molecule has 12 heavy (non-hydrogen) atoms. The second-order valence-corrected chi connectivity index (χ2v) is 4.42. The van der Waals surface area contributed by atoms with Crippen LogP contribution in [0, 0.1) is 17.8 Å². The third-order valence-electron chi connectivity index (χ3n) is 2.93. The Labute approximate surface area is 76.5 Å². The van der Waals surface area contributed by atoms with Gasteiger partial charge < -0.3 is 4.74 Å². The van der Waals surface area contributed by atoms with E-state index in [0.717, 1.165) is 31.0 Å². The molecule has 0 aromatic rings. The van der Waals surface area contributed by atoms with Crippen LogP contribution in [0.3, 0.4) is 0 Å². The second kappa shape index (κ2) is 4.86. The predicted molar refractivity (Wildman–Crippen MR) is 52.2 cm³/mol. The summed E-state index contributed by atoms with van der Waals surface area (Å²) in [6.07, 6.45) is 3.97. The van der Waals surface area contributed by atoms with Crippen LogP contribution in [-0.2, 0) is 4.74 Å². The molecule has 0 radical (unpaired) electrons. The second-order valence-electron chi connectivity index (χ2n) is 4.42. The van der Waals surface area contributed by atoms with E-state index in [9.17, 15) is 0 Å². The molecule has 0 N–H and O–H groups in total. The average Bonchev–Trinajstić information content (AvgIpc) is 2.04. The van der Waals surface area contributed by atoms with Crippen molar-refractivity contribution in [2.45, 2.75) is 40.0 Å². The largest absolute Gasteiger partial charge is 0.381 e. The van der Waals surface area contributed by atoms with Crippen molar-refractivity contribution in [1.29, 1.82) is 0 Å². The highest BCUT2D eigenvalue weighted by Gasteiger charge is 2.24. The van der Waals surface area contributed by atoms with Gasteiger partial charge in [0.15, 0.2) is 0 Å². The Bertz CT molecular complexity index is 120. The van der Waals surface area contributed by atoms with E-state index >= 15 is 0 Å². The summed E-state index contributed by atoms with van der Waals surface area (Å²) in [6.45, 7) is 8.93. The third kappa shape index (κ3) is 2.78. The minimum absolute atomic E-state index is 0.825. The number of ether oxygens (including phenoxy) is 1. The van der Waals surface area contributed by atoms with E-state index in [2.05, 4.69) is 20.8 Å². The van der Waals surface area contributed by atoms with Crippen LogP contribution in [0.15, 0.2) is 0 Å². The Morgan fingerprint density at radius 1 is 1.33 bits per heavy atom. The molecular formula is C11H22O. The molecule has 0 spiro atoms. The lowest BCUT2D eigenvalue weighted by Gasteiger charge is -2.31. The predicted octanol–water partition coefficient (Wildman–Crippen LogP) is 3.10. The van der Waals surface area contributed by atoms with Gasteiger partial charge in [-0.15, -0.1) is 0 Å². The van der Waals surface area contributed by atoms with Crippen LogP contribution in [-0.4, -0.2) is 13.2 Å². The molecule has 1 heterocycles. The van der Waals surface area contributed by atoms with Gasteiger partial charge >= 0.3 is 0 Å². The highest BCUT2D eigenvalue weighted by atomic mass is 16.5. The van der Waals surface area contributed by atoms with Gasteiger partial charge in [-0.05, 0) is 30.6 Å². The smallest absolute Gasteiger partial charge is 0.0497 e. The summed E-state index contributed by atoms with van der Waals surface area (Å²) >= 11 is 0. The summed E-state index contributed by atoms with van der Waals surface area (Å²) in [6, 6.07) is 0. The highest BCUT2D eigenvalue weighted by Crippen LogP contribution is 2.29. The maximum Gasteiger partial charge on any atom is 0.0497 e. The van der Waals surface area contributed by atoms with Crippen molar-refractivity contribution in [1.82, 2.24) is 0 Å². The van der Waals surface area contributed by atoms with Crippen molar-refractivity contribution in [3.8, 4) is 0 Å². The lowest BCUT2D eigenvalue weighted by Crippen LogP contribution is -2.28. The van der Waals surface area contributed by atoms with Crippen LogP contribution >= 0.6 is 0 Å². The average molecular weight is 170 g/mol. The maximum atomic E-state index is 5.52. The molecule has 1 aliphatic heterocycles. The van der Waals surface area contributed by atoms with Crippen LogP contribution in [0.5, 0.6) is 0 Å². The molecule has 2 atom stereocenters. The van der Waals surface area contributed by atoms with Gasteiger partial charge in [-0.25, -0.2) is 0 Å². The Balaban J connectivity index is 2.36. The fourth-order valence-electron chi connectivity index (χ4n) is 2.24. The van der Waals surface area contributed by atoms with E-state index in [1.807, 2.05) is 0 Å². The lowest BCUT2D eigenvalue weighted by molar-refractivity contribution is 0.00739. The molecule has 1 heteroatoms. The molecule has 1 saturated heterocycles. The summed E-state index contributed by atoms with van der Waals surface area (Å²) in [5.74, 6) is 2.59. The van der Waals surface area contributed by atoms with Crippen molar-refractivity contribution >= 4 is 0 Å². The summed E-state index contributed by atoms with van der Waals surface area (Å²) in [5.41, 5.74) is 0. The molecule has 1 nitrogen and oxygen atoms in total. The van der Waals surface area contributed by atoms with Crippen molar-refractivity contribution in [3.63, 3.8) is 0 Å². The van der Waals surface area contributed by atoms with Crippen molar-refractivity contribution in [3.05, 3.63) is 0 Å². The first-order chi connectivity index (χ1) is 5.74. The summed E-state index contributed by atoms with van der Waals surface area (Å²) in [5, 5.41) is 0. The Kier molecular flexibility index (Phi) is 4.07. The molecule has 1 rings (SSSR count). The molecule has 72 valence electrons. The highest BCUT2D eigenvalue weighted by molar-refractivity contribution is 4.73. The van der Waals surface area contributed by atoms with Gasteiger partial charge in [0.25, 0.3) is 0 Å². The molecule has 2 unspecified atom stereocenters. The molecule has 0 aliphatic carbocycles. The van der Waals surface area contributed by atoms with E-state index in [1.165, 1.54) is 19.3 Å². The maximum absolute atomic E-state index is 5.52. The van der Waals surface area contributed by atoms with Gasteiger partial charge in [0.1, 0.15) is 0 Å². The molecule has 1 aliphatic rings. The van der Waals surface area contributed by atoms with Gasteiger partial charge in [0, 0.05) is 13.2 Å². The normalized spacial score (nSPS) is 31.0. The Morgan fingerprint density at radius 2 is 2.08 bits per heavy atom. The SMILES string of the molecule is CCC1CCOCC1CC(C)C. The molecule has 0 saturated carbocycles.